The number of rotatable bonds is 11. The number of carbonyl (C=O) groups is 2. The minimum absolute atomic E-state index is 0.0837. The fourth-order valence-corrected chi connectivity index (χ4v) is 4.65. The first-order valence-electron chi connectivity index (χ1n) is 12.1. The van der Waals surface area contributed by atoms with Crippen LogP contribution in [0.15, 0.2) is 12.3 Å². The van der Waals surface area contributed by atoms with Gasteiger partial charge in [-0.05, 0) is 31.2 Å². The second-order valence-corrected chi connectivity index (χ2v) is 9.61. The van der Waals surface area contributed by atoms with Gasteiger partial charge in [-0.2, -0.15) is 5.26 Å². The Morgan fingerprint density at radius 1 is 1.26 bits per heavy atom. The summed E-state index contributed by atoms with van der Waals surface area (Å²) in [5, 5.41) is 19.0. The van der Waals surface area contributed by atoms with E-state index in [1.165, 1.54) is 6.20 Å². The number of Topliss-reactive ketones (excluding diaryl/α,β-unsaturated/α-hetero) is 1. The van der Waals surface area contributed by atoms with Gasteiger partial charge in [-0.1, -0.05) is 25.7 Å². The summed E-state index contributed by atoms with van der Waals surface area (Å²) in [6.45, 7) is 1.75. The first kappa shape index (κ1) is 26.3. The van der Waals surface area contributed by atoms with Crippen LogP contribution in [0, 0.1) is 35.0 Å². The van der Waals surface area contributed by atoms with Gasteiger partial charge in [0.25, 0.3) is 5.92 Å². The molecule has 186 valence electrons. The Morgan fingerprint density at radius 2 is 1.97 bits per heavy atom. The Morgan fingerprint density at radius 3 is 2.63 bits per heavy atom. The van der Waals surface area contributed by atoms with E-state index in [-0.39, 0.29) is 43.3 Å². The van der Waals surface area contributed by atoms with Crippen LogP contribution in [0.5, 0.6) is 0 Å². The number of pyridine rings is 1. The maximum absolute atomic E-state index is 13.2. The molecule has 35 heavy (non-hydrogen) atoms. The largest absolute Gasteiger partial charge is 0.481 e. The number of hydrogen-bond donors (Lipinski definition) is 1. The molecule has 8 heteroatoms. The summed E-state index contributed by atoms with van der Waals surface area (Å²) in [5.74, 6) is 1.89. The monoisotopic (exact) mass is 483 g/mol. The molecule has 0 bridgehead atoms. The highest BCUT2D eigenvalue weighted by atomic mass is 19.3. The molecule has 2 aromatic heterocycles. The van der Waals surface area contributed by atoms with Crippen LogP contribution in [0.25, 0.3) is 11.0 Å². The normalized spacial score (nSPS) is 15.6. The number of unbranched alkanes of at least 4 members (excludes halogenated alkanes) is 4. The van der Waals surface area contributed by atoms with Crippen molar-refractivity contribution in [2.45, 2.75) is 77.1 Å². The average Bonchev–Trinajstić information content (AvgIpc) is 3.04. The summed E-state index contributed by atoms with van der Waals surface area (Å²) < 4.78 is 27.6. The number of carboxylic acid groups (broad SMARTS) is 1. The third kappa shape index (κ3) is 6.88. The molecule has 0 saturated heterocycles. The topological polar surface area (TPSA) is 96.0 Å². The molecule has 0 aliphatic heterocycles. The summed E-state index contributed by atoms with van der Waals surface area (Å²) in [4.78, 5) is 28.7. The quantitative estimate of drug-likeness (QED) is 0.252. The van der Waals surface area contributed by atoms with E-state index in [0.717, 1.165) is 31.4 Å². The fourth-order valence-electron chi connectivity index (χ4n) is 4.65. The molecule has 0 radical (unpaired) electrons. The van der Waals surface area contributed by atoms with Gasteiger partial charge in [-0.25, -0.2) is 13.8 Å². The molecule has 3 rings (SSSR count). The van der Waals surface area contributed by atoms with E-state index in [2.05, 4.69) is 22.9 Å². The number of aryl methyl sites for hydroxylation is 1. The third-order valence-electron chi connectivity index (χ3n) is 6.47. The molecule has 0 spiro atoms. The molecular weight excluding hydrogens is 452 g/mol. The van der Waals surface area contributed by atoms with Gasteiger partial charge >= 0.3 is 5.97 Å². The minimum Gasteiger partial charge on any atom is -0.481 e. The summed E-state index contributed by atoms with van der Waals surface area (Å²) in [7, 11) is 1.85. The first-order valence-corrected chi connectivity index (χ1v) is 12.1. The molecule has 6 nitrogen and oxygen atoms in total. The molecule has 1 atom stereocenters. The zero-order chi connectivity index (χ0) is 25.6. The maximum atomic E-state index is 13.2. The van der Waals surface area contributed by atoms with Crippen LogP contribution >= 0.6 is 0 Å². The predicted octanol–water partition coefficient (Wildman–Crippen LogP) is 5.67. The van der Waals surface area contributed by atoms with E-state index >= 15 is 0 Å². The Bertz CT molecular complexity index is 1190. The number of aromatic nitrogens is 2. The van der Waals surface area contributed by atoms with Crippen molar-refractivity contribution in [2.75, 3.05) is 0 Å². The number of nitriles is 1. The lowest BCUT2D eigenvalue weighted by molar-refractivity contribution is -0.137. The molecule has 1 aliphatic rings. The second-order valence-electron chi connectivity index (χ2n) is 9.61. The number of fused-ring (bicyclic) bond motifs is 1. The van der Waals surface area contributed by atoms with Gasteiger partial charge in [0.15, 0.2) is 5.78 Å². The number of nitrogens with zero attached hydrogens (tertiary/aromatic N) is 3. The van der Waals surface area contributed by atoms with Crippen molar-refractivity contribution in [1.82, 2.24) is 9.55 Å². The van der Waals surface area contributed by atoms with Crippen LogP contribution in [0.2, 0.25) is 0 Å². The van der Waals surface area contributed by atoms with Crippen molar-refractivity contribution in [3.8, 4) is 17.9 Å². The van der Waals surface area contributed by atoms with Crippen LogP contribution in [0.1, 0.15) is 86.3 Å². The van der Waals surface area contributed by atoms with Gasteiger partial charge < -0.3 is 9.67 Å². The smallest absolute Gasteiger partial charge is 0.303 e. The molecule has 1 N–H and O–H groups in total. The number of ketones is 1. The van der Waals surface area contributed by atoms with Gasteiger partial charge in [0.1, 0.15) is 11.7 Å². The molecule has 1 saturated carbocycles. The highest BCUT2D eigenvalue weighted by Crippen LogP contribution is 2.41. The van der Waals surface area contributed by atoms with Crippen molar-refractivity contribution in [3.05, 3.63) is 29.1 Å². The van der Waals surface area contributed by atoms with E-state index in [1.54, 1.807) is 13.0 Å². The highest BCUT2D eigenvalue weighted by molar-refractivity contribution is 6.09. The first-order chi connectivity index (χ1) is 16.6. The van der Waals surface area contributed by atoms with Crippen molar-refractivity contribution in [2.24, 2.45) is 18.9 Å². The number of carbonyl (C=O) groups excluding carboxylic acids is 1. The lowest BCUT2D eigenvalue weighted by Crippen LogP contribution is -2.34. The summed E-state index contributed by atoms with van der Waals surface area (Å²) in [5.41, 5.74) is 2.38. The number of halogens is 2. The van der Waals surface area contributed by atoms with Crippen LogP contribution in [0.3, 0.4) is 0 Å². The zero-order valence-electron chi connectivity index (χ0n) is 20.2. The van der Waals surface area contributed by atoms with Crippen molar-refractivity contribution in [1.29, 1.82) is 5.26 Å². The lowest BCUT2D eigenvalue weighted by atomic mass is 9.82. The van der Waals surface area contributed by atoms with Gasteiger partial charge in [0.05, 0.1) is 5.56 Å². The van der Waals surface area contributed by atoms with Gasteiger partial charge in [0, 0.05) is 67.9 Å². The SMILES string of the molecule is C[C@H](CC(=O)O)CC(=O)c1c(CCCCCCC#CC2CC(F)(F)C2)n(C)c2ncc(C#N)cc12. The Labute approximate surface area is 204 Å². The molecule has 2 aromatic rings. The number of hydrogen-bond acceptors (Lipinski definition) is 4. The Balaban J connectivity index is 1.62. The van der Waals surface area contributed by atoms with Crippen LogP contribution < -0.4 is 0 Å². The van der Waals surface area contributed by atoms with Crippen molar-refractivity contribution < 1.29 is 23.5 Å². The van der Waals surface area contributed by atoms with E-state index in [4.69, 9.17) is 5.11 Å². The molecule has 0 unspecified atom stereocenters. The fraction of sp³-hybridized carbons (Fsp3) is 0.556. The van der Waals surface area contributed by atoms with E-state index in [0.29, 0.717) is 35.0 Å². The van der Waals surface area contributed by atoms with Gasteiger partial charge in [0.2, 0.25) is 0 Å². The molecular formula is C27H31F2N3O3. The Kier molecular flexibility index (Phi) is 8.62. The van der Waals surface area contributed by atoms with Crippen LogP contribution in [-0.2, 0) is 18.3 Å². The summed E-state index contributed by atoms with van der Waals surface area (Å²) in [6, 6.07) is 3.74. The molecule has 0 amide bonds. The average molecular weight is 484 g/mol. The maximum Gasteiger partial charge on any atom is 0.303 e. The van der Waals surface area contributed by atoms with Crippen LogP contribution in [-0.4, -0.2) is 32.3 Å². The molecule has 1 aliphatic carbocycles. The third-order valence-corrected chi connectivity index (χ3v) is 6.47. The van der Waals surface area contributed by atoms with E-state index in [1.807, 2.05) is 11.6 Å². The van der Waals surface area contributed by atoms with Crippen molar-refractivity contribution in [3.63, 3.8) is 0 Å². The van der Waals surface area contributed by atoms with E-state index in [9.17, 15) is 23.6 Å². The molecule has 1 fully saturated rings. The molecule has 0 aromatic carbocycles. The molecule has 2 heterocycles. The van der Waals surface area contributed by atoms with E-state index < -0.39 is 11.9 Å². The lowest BCUT2D eigenvalue weighted by Gasteiger charge is -2.31. The van der Waals surface area contributed by atoms with Crippen LogP contribution in [0.4, 0.5) is 8.78 Å². The standard InChI is InChI=1S/C27H31F2N3O3/c1-18(12-24(34)35)11-23(33)25-21-13-20(16-30)17-31-26(21)32(2)22(25)10-8-6-4-3-5-7-9-19-14-27(28,29)15-19/h13,17-19H,3-6,8,10-12,14-15H2,1-2H3,(H,34,35)/t18-/m0/s1. The zero-order valence-corrected chi connectivity index (χ0v) is 20.2. The number of aliphatic carboxylic acids is 1. The summed E-state index contributed by atoms with van der Waals surface area (Å²) in [6.07, 6.45) is 6.27. The number of alkyl halides is 2. The highest BCUT2D eigenvalue weighted by Gasteiger charge is 2.44. The van der Waals surface area contributed by atoms with Gasteiger partial charge in [-0.15, -0.1) is 5.92 Å². The second kappa shape index (κ2) is 11.4. The minimum atomic E-state index is -2.53. The van der Waals surface area contributed by atoms with Crippen molar-refractivity contribution >= 4 is 22.8 Å². The number of carboxylic acids is 1. The predicted molar refractivity (Wildman–Crippen MR) is 128 cm³/mol. The van der Waals surface area contributed by atoms with Gasteiger partial charge in [-0.3, -0.25) is 9.59 Å². The Hall–Kier alpha value is -3.26. The summed E-state index contributed by atoms with van der Waals surface area (Å²) >= 11 is 0.